The van der Waals surface area contributed by atoms with E-state index in [0.717, 1.165) is 29.2 Å². The summed E-state index contributed by atoms with van der Waals surface area (Å²) in [5.41, 5.74) is 2.06. The van der Waals surface area contributed by atoms with Crippen LogP contribution in [-0.2, 0) is 0 Å². The first-order chi connectivity index (χ1) is 9.74. The van der Waals surface area contributed by atoms with Gasteiger partial charge in [0.1, 0.15) is 0 Å². The largest absolute Gasteiger partial charge is 0.383 e. The van der Waals surface area contributed by atoms with Gasteiger partial charge >= 0.3 is 0 Å². The number of pyridine rings is 1. The van der Waals surface area contributed by atoms with Gasteiger partial charge in [0, 0.05) is 18.0 Å². The summed E-state index contributed by atoms with van der Waals surface area (Å²) in [5.74, 6) is 0.745. The Bertz CT molecular complexity index is 612. The minimum Gasteiger partial charge on any atom is -0.383 e. The highest BCUT2D eigenvalue weighted by Gasteiger charge is 2.11. The molecule has 1 aliphatic rings. The fourth-order valence-corrected chi connectivity index (χ4v) is 2.72. The van der Waals surface area contributed by atoms with Crippen molar-refractivity contribution in [2.24, 2.45) is 5.92 Å². The molecule has 0 aliphatic heterocycles. The molecule has 2 heterocycles. The molecule has 0 aromatic carbocycles. The molecular weight excluding hydrogens is 248 g/mol. The van der Waals surface area contributed by atoms with Gasteiger partial charge in [0.2, 0.25) is 0 Å². The minimum absolute atomic E-state index is 0.341. The third kappa shape index (κ3) is 2.69. The molecule has 20 heavy (non-hydrogen) atoms. The number of hydrogen-bond donors (Lipinski definition) is 1. The van der Waals surface area contributed by atoms with Crippen LogP contribution in [0, 0.1) is 5.92 Å². The number of rotatable bonds is 4. The lowest BCUT2D eigenvalue weighted by molar-refractivity contribution is 0.504. The van der Waals surface area contributed by atoms with Gasteiger partial charge in [-0.1, -0.05) is 12.2 Å². The van der Waals surface area contributed by atoms with Gasteiger partial charge in [-0.15, -0.1) is 0 Å². The fraction of sp³-hybridized carbons (Fsp3) is 0.500. The smallest absolute Gasteiger partial charge is 0.158 e. The average molecular weight is 270 g/mol. The number of hydrogen-bond acceptors (Lipinski definition) is 3. The number of anilines is 1. The van der Waals surface area contributed by atoms with Crippen LogP contribution in [0.4, 0.5) is 5.69 Å². The molecule has 0 bridgehead atoms. The molecule has 1 N–H and O–H groups in total. The van der Waals surface area contributed by atoms with Crippen molar-refractivity contribution in [2.45, 2.75) is 39.2 Å². The second-order valence-corrected chi connectivity index (χ2v) is 5.85. The van der Waals surface area contributed by atoms with Crippen molar-refractivity contribution < 1.29 is 0 Å². The summed E-state index contributed by atoms with van der Waals surface area (Å²) >= 11 is 0. The zero-order valence-corrected chi connectivity index (χ0v) is 12.2. The highest BCUT2D eigenvalue weighted by Crippen LogP contribution is 2.21. The van der Waals surface area contributed by atoms with E-state index in [1.54, 1.807) is 0 Å². The van der Waals surface area contributed by atoms with E-state index in [1.165, 1.54) is 19.3 Å². The number of aromatic nitrogens is 3. The van der Waals surface area contributed by atoms with Gasteiger partial charge in [-0.25, -0.2) is 9.67 Å². The maximum atomic E-state index is 4.55. The summed E-state index contributed by atoms with van der Waals surface area (Å²) in [6.45, 7) is 5.27. The molecule has 2 aromatic rings. The third-order valence-corrected chi connectivity index (χ3v) is 3.90. The van der Waals surface area contributed by atoms with Crippen LogP contribution in [0.25, 0.3) is 11.0 Å². The van der Waals surface area contributed by atoms with Crippen molar-refractivity contribution in [1.82, 2.24) is 14.8 Å². The molecular formula is C16H22N4. The number of nitrogens with zero attached hydrogens (tertiary/aromatic N) is 3. The molecule has 1 atom stereocenters. The molecule has 0 radical (unpaired) electrons. The Morgan fingerprint density at radius 3 is 3.00 bits per heavy atom. The van der Waals surface area contributed by atoms with Gasteiger partial charge in [0.05, 0.1) is 18.1 Å². The summed E-state index contributed by atoms with van der Waals surface area (Å²) in [5, 5.41) is 9.02. The molecule has 3 rings (SSSR count). The fourth-order valence-electron chi connectivity index (χ4n) is 2.72. The highest BCUT2D eigenvalue weighted by molar-refractivity contribution is 5.78. The van der Waals surface area contributed by atoms with Crippen LogP contribution in [0.1, 0.15) is 39.2 Å². The van der Waals surface area contributed by atoms with Crippen molar-refractivity contribution in [2.75, 3.05) is 11.9 Å². The number of nitrogens with one attached hydrogen (secondary N) is 1. The summed E-state index contributed by atoms with van der Waals surface area (Å²) < 4.78 is 1.96. The Labute approximate surface area is 119 Å². The van der Waals surface area contributed by atoms with E-state index in [4.69, 9.17) is 0 Å². The topological polar surface area (TPSA) is 42.7 Å². The molecule has 0 saturated heterocycles. The molecule has 1 unspecified atom stereocenters. The summed E-state index contributed by atoms with van der Waals surface area (Å²) in [7, 11) is 0. The van der Waals surface area contributed by atoms with Crippen LogP contribution in [0.5, 0.6) is 0 Å². The molecule has 0 spiro atoms. The molecule has 106 valence electrons. The van der Waals surface area contributed by atoms with Gasteiger partial charge < -0.3 is 5.32 Å². The molecule has 4 nitrogen and oxygen atoms in total. The minimum atomic E-state index is 0.341. The zero-order valence-electron chi connectivity index (χ0n) is 12.2. The van der Waals surface area contributed by atoms with E-state index in [2.05, 4.69) is 47.5 Å². The van der Waals surface area contributed by atoms with E-state index in [1.807, 2.05) is 17.1 Å². The van der Waals surface area contributed by atoms with Crippen molar-refractivity contribution >= 4 is 16.7 Å². The number of fused-ring (bicyclic) bond motifs is 1. The first-order valence-corrected chi connectivity index (χ1v) is 7.46. The van der Waals surface area contributed by atoms with Crippen LogP contribution in [0.2, 0.25) is 0 Å². The van der Waals surface area contributed by atoms with E-state index in [-0.39, 0.29) is 0 Å². The van der Waals surface area contributed by atoms with Gasteiger partial charge in [-0.05, 0) is 45.1 Å². The van der Waals surface area contributed by atoms with Crippen LogP contribution < -0.4 is 5.32 Å². The second kappa shape index (κ2) is 5.65. The van der Waals surface area contributed by atoms with E-state index >= 15 is 0 Å². The van der Waals surface area contributed by atoms with Crippen LogP contribution in [0.15, 0.2) is 30.6 Å². The normalized spacial score (nSPS) is 18.9. The Balaban J connectivity index is 1.71. The lowest BCUT2D eigenvalue weighted by atomic mass is 9.94. The quantitative estimate of drug-likeness (QED) is 0.860. The number of allylic oxidation sites excluding steroid dienone is 2. The molecule has 1 aliphatic carbocycles. The van der Waals surface area contributed by atoms with Gasteiger partial charge in [-0.2, -0.15) is 5.10 Å². The summed E-state index contributed by atoms with van der Waals surface area (Å²) in [6.07, 6.45) is 12.1. The SMILES string of the molecule is CC(C)n1ncc2cc(NCC3CC=CCC3)cnc21. The monoisotopic (exact) mass is 270 g/mol. The second-order valence-electron chi connectivity index (χ2n) is 5.85. The molecule has 4 heteroatoms. The maximum absolute atomic E-state index is 4.55. The third-order valence-electron chi connectivity index (χ3n) is 3.90. The summed E-state index contributed by atoms with van der Waals surface area (Å²) in [6, 6.07) is 2.49. The predicted octanol–water partition coefficient (Wildman–Crippen LogP) is 3.78. The highest BCUT2D eigenvalue weighted by atomic mass is 15.3. The maximum Gasteiger partial charge on any atom is 0.158 e. The molecule has 0 saturated carbocycles. The van der Waals surface area contributed by atoms with Crippen molar-refractivity contribution in [3.05, 3.63) is 30.6 Å². The Morgan fingerprint density at radius 2 is 2.25 bits per heavy atom. The van der Waals surface area contributed by atoms with Crippen molar-refractivity contribution in [3.63, 3.8) is 0 Å². The lowest BCUT2D eigenvalue weighted by Crippen LogP contribution is -2.15. The standard InChI is InChI=1S/C16H22N4/c1-12(2)20-16-14(10-19-20)8-15(11-18-16)17-9-13-6-4-3-5-7-13/h3-4,8,10-13,17H,5-7,9H2,1-2H3. The van der Waals surface area contributed by atoms with Gasteiger partial charge in [0.25, 0.3) is 0 Å². The van der Waals surface area contributed by atoms with Gasteiger partial charge in [-0.3, -0.25) is 0 Å². The molecule has 0 fully saturated rings. The molecule has 0 amide bonds. The summed E-state index contributed by atoms with van der Waals surface area (Å²) in [4.78, 5) is 4.55. The molecule has 2 aromatic heterocycles. The Morgan fingerprint density at radius 1 is 1.35 bits per heavy atom. The van der Waals surface area contributed by atoms with Crippen LogP contribution in [-0.4, -0.2) is 21.3 Å². The van der Waals surface area contributed by atoms with E-state index in [0.29, 0.717) is 6.04 Å². The predicted molar refractivity (Wildman–Crippen MR) is 82.9 cm³/mol. The zero-order chi connectivity index (χ0) is 13.9. The Hall–Kier alpha value is -1.84. The van der Waals surface area contributed by atoms with Crippen molar-refractivity contribution in [1.29, 1.82) is 0 Å². The Kier molecular flexibility index (Phi) is 3.72. The first kappa shape index (κ1) is 13.2. The van der Waals surface area contributed by atoms with Crippen LogP contribution >= 0.6 is 0 Å². The van der Waals surface area contributed by atoms with Crippen molar-refractivity contribution in [3.8, 4) is 0 Å². The lowest BCUT2D eigenvalue weighted by Gasteiger charge is -2.18. The van der Waals surface area contributed by atoms with Crippen LogP contribution in [0.3, 0.4) is 0 Å². The van der Waals surface area contributed by atoms with Gasteiger partial charge in [0.15, 0.2) is 5.65 Å². The van der Waals surface area contributed by atoms with E-state index in [9.17, 15) is 0 Å². The first-order valence-electron chi connectivity index (χ1n) is 7.46. The average Bonchev–Trinajstić information content (AvgIpc) is 2.89. The van der Waals surface area contributed by atoms with E-state index < -0.39 is 0 Å².